The van der Waals surface area contributed by atoms with Gasteiger partial charge in [0.25, 0.3) is 0 Å². The van der Waals surface area contributed by atoms with Crippen LogP contribution in [0.3, 0.4) is 0 Å². The number of rotatable bonds is 9. The van der Waals surface area contributed by atoms with Gasteiger partial charge in [0.05, 0.1) is 6.61 Å². The third kappa shape index (κ3) is 5.68. The van der Waals surface area contributed by atoms with Gasteiger partial charge in [-0.3, -0.25) is 0 Å². The molecule has 118 valence electrons. The normalized spacial score (nSPS) is 10.3. The van der Waals surface area contributed by atoms with Crippen molar-refractivity contribution in [2.45, 2.75) is 26.7 Å². The quantitative estimate of drug-likeness (QED) is 0.658. The molecule has 0 saturated heterocycles. The summed E-state index contributed by atoms with van der Waals surface area (Å²) in [5.74, 6) is 0.941. The van der Waals surface area contributed by atoms with E-state index in [0.717, 1.165) is 49.7 Å². The lowest BCUT2D eigenvalue weighted by molar-refractivity contribution is 0.309. The van der Waals surface area contributed by atoms with Gasteiger partial charge in [-0.25, -0.2) is 0 Å². The molecule has 0 aliphatic rings. The van der Waals surface area contributed by atoms with Gasteiger partial charge in [-0.1, -0.05) is 31.0 Å². The highest BCUT2D eigenvalue weighted by Crippen LogP contribution is 2.16. The van der Waals surface area contributed by atoms with Crippen molar-refractivity contribution in [3.63, 3.8) is 0 Å². The fourth-order valence-corrected chi connectivity index (χ4v) is 2.09. The van der Waals surface area contributed by atoms with Crippen LogP contribution in [0.2, 0.25) is 0 Å². The lowest BCUT2D eigenvalue weighted by Gasteiger charge is -2.10. The molecule has 2 rings (SSSR count). The lowest BCUT2D eigenvalue weighted by atomic mass is 10.2. The summed E-state index contributed by atoms with van der Waals surface area (Å²) in [5, 5.41) is 6.80. The first-order chi connectivity index (χ1) is 10.8. The third-order valence-corrected chi connectivity index (χ3v) is 3.46. The zero-order chi connectivity index (χ0) is 15.6. The highest BCUT2D eigenvalue weighted by atomic mass is 16.5. The van der Waals surface area contributed by atoms with Gasteiger partial charge in [-0.15, -0.1) is 0 Å². The molecule has 0 radical (unpaired) electrons. The van der Waals surface area contributed by atoms with E-state index in [1.54, 1.807) is 0 Å². The highest BCUT2D eigenvalue weighted by Gasteiger charge is 1.96. The smallest absolute Gasteiger partial charge is 0.119 e. The van der Waals surface area contributed by atoms with Gasteiger partial charge < -0.3 is 15.4 Å². The Hall–Kier alpha value is -2.16. The third-order valence-electron chi connectivity index (χ3n) is 3.46. The monoisotopic (exact) mass is 298 g/mol. The molecule has 2 aromatic rings. The Morgan fingerprint density at radius 1 is 0.818 bits per heavy atom. The molecule has 0 bridgehead atoms. The molecule has 0 atom stereocenters. The van der Waals surface area contributed by atoms with Gasteiger partial charge in [0.1, 0.15) is 5.75 Å². The molecule has 22 heavy (non-hydrogen) atoms. The van der Waals surface area contributed by atoms with Crippen molar-refractivity contribution >= 4 is 11.4 Å². The number of ether oxygens (including phenoxy) is 1. The van der Waals surface area contributed by atoms with Crippen LogP contribution in [0.25, 0.3) is 0 Å². The zero-order valence-electron chi connectivity index (χ0n) is 13.6. The minimum absolute atomic E-state index is 0.795. The van der Waals surface area contributed by atoms with Crippen LogP contribution in [0.4, 0.5) is 11.4 Å². The van der Waals surface area contributed by atoms with E-state index in [2.05, 4.69) is 60.9 Å². The predicted molar refractivity (Wildman–Crippen MR) is 95.0 cm³/mol. The van der Waals surface area contributed by atoms with E-state index in [9.17, 15) is 0 Å². The van der Waals surface area contributed by atoms with Crippen LogP contribution in [0.1, 0.15) is 25.3 Å². The van der Waals surface area contributed by atoms with Gasteiger partial charge in [0.2, 0.25) is 0 Å². The molecule has 0 fully saturated rings. The van der Waals surface area contributed by atoms with Crippen LogP contribution in [-0.2, 0) is 0 Å². The van der Waals surface area contributed by atoms with E-state index in [4.69, 9.17) is 4.74 Å². The summed E-state index contributed by atoms with van der Waals surface area (Å²) in [4.78, 5) is 0. The summed E-state index contributed by atoms with van der Waals surface area (Å²) in [5.41, 5.74) is 3.56. The Labute approximate surface area is 133 Å². The first-order valence-corrected chi connectivity index (χ1v) is 8.05. The Morgan fingerprint density at radius 3 is 1.91 bits per heavy atom. The van der Waals surface area contributed by atoms with Crippen LogP contribution in [0.15, 0.2) is 48.5 Å². The number of nitrogens with one attached hydrogen (secondary N) is 2. The maximum absolute atomic E-state index is 5.65. The molecule has 0 unspecified atom stereocenters. The standard InChI is InChI=1S/C19H26N2O/c1-3-4-15-22-19-11-9-18(10-12-19)21-14-13-20-17-7-5-16(2)6-8-17/h5-12,20-21H,3-4,13-15H2,1-2H3. The second kappa shape index (κ2) is 8.98. The van der Waals surface area contributed by atoms with E-state index in [-0.39, 0.29) is 0 Å². The lowest BCUT2D eigenvalue weighted by Crippen LogP contribution is -2.13. The fourth-order valence-electron chi connectivity index (χ4n) is 2.09. The second-order valence-electron chi connectivity index (χ2n) is 5.45. The minimum atomic E-state index is 0.795. The molecule has 0 saturated carbocycles. The number of aryl methyl sites for hydroxylation is 1. The molecule has 2 N–H and O–H groups in total. The molecular weight excluding hydrogens is 272 g/mol. The highest BCUT2D eigenvalue weighted by molar-refractivity contribution is 5.47. The van der Waals surface area contributed by atoms with Crippen molar-refractivity contribution in [2.24, 2.45) is 0 Å². The maximum Gasteiger partial charge on any atom is 0.119 e. The topological polar surface area (TPSA) is 33.3 Å². The summed E-state index contributed by atoms with van der Waals surface area (Å²) in [7, 11) is 0. The molecule has 2 aromatic carbocycles. The van der Waals surface area contributed by atoms with Gasteiger partial charge in [0, 0.05) is 24.5 Å². The number of benzene rings is 2. The van der Waals surface area contributed by atoms with Crippen LogP contribution in [0, 0.1) is 6.92 Å². The Bertz CT molecular complexity index is 534. The van der Waals surface area contributed by atoms with E-state index in [1.165, 1.54) is 5.56 Å². The Kier molecular flexibility index (Phi) is 6.62. The molecule has 0 aliphatic heterocycles. The summed E-state index contributed by atoms with van der Waals surface area (Å²) in [6.45, 7) is 6.83. The van der Waals surface area contributed by atoms with Crippen molar-refractivity contribution in [2.75, 3.05) is 30.3 Å². The zero-order valence-corrected chi connectivity index (χ0v) is 13.6. The van der Waals surface area contributed by atoms with Crippen molar-refractivity contribution in [3.8, 4) is 5.75 Å². The minimum Gasteiger partial charge on any atom is -0.494 e. The SMILES string of the molecule is CCCCOc1ccc(NCCNc2ccc(C)cc2)cc1. The number of hydrogen-bond acceptors (Lipinski definition) is 3. The second-order valence-corrected chi connectivity index (χ2v) is 5.45. The van der Waals surface area contributed by atoms with E-state index >= 15 is 0 Å². The number of hydrogen-bond donors (Lipinski definition) is 2. The molecule has 3 nitrogen and oxygen atoms in total. The van der Waals surface area contributed by atoms with Crippen molar-refractivity contribution < 1.29 is 4.74 Å². The molecule has 0 heterocycles. The Morgan fingerprint density at radius 2 is 1.36 bits per heavy atom. The van der Waals surface area contributed by atoms with E-state index < -0.39 is 0 Å². The van der Waals surface area contributed by atoms with E-state index in [1.807, 2.05) is 12.1 Å². The predicted octanol–water partition coefficient (Wildman–Crippen LogP) is 4.70. The summed E-state index contributed by atoms with van der Waals surface area (Å²) in [6, 6.07) is 16.6. The molecule has 0 aliphatic carbocycles. The fraction of sp³-hybridized carbons (Fsp3) is 0.368. The molecular formula is C19H26N2O. The van der Waals surface area contributed by atoms with Crippen LogP contribution < -0.4 is 15.4 Å². The van der Waals surface area contributed by atoms with Gasteiger partial charge >= 0.3 is 0 Å². The van der Waals surface area contributed by atoms with Crippen molar-refractivity contribution in [1.29, 1.82) is 0 Å². The van der Waals surface area contributed by atoms with Crippen molar-refractivity contribution in [1.82, 2.24) is 0 Å². The molecule has 3 heteroatoms. The summed E-state index contributed by atoms with van der Waals surface area (Å²) < 4.78 is 5.65. The maximum atomic E-state index is 5.65. The molecule has 0 aromatic heterocycles. The Balaban J connectivity index is 1.67. The van der Waals surface area contributed by atoms with E-state index in [0.29, 0.717) is 0 Å². The average molecular weight is 298 g/mol. The number of anilines is 2. The first kappa shape index (κ1) is 16.2. The van der Waals surface area contributed by atoms with Crippen molar-refractivity contribution in [3.05, 3.63) is 54.1 Å². The summed E-state index contributed by atoms with van der Waals surface area (Å²) >= 11 is 0. The largest absolute Gasteiger partial charge is 0.494 e. The average Bonchev–Trinajstić information content (AvgIpc) is 2.55. The molecule has 0 amide bonds. The van der Waals surface area contributed by atoms with Gasteiger partial charge in [0.15, 0.2) is 0 Å². The van der Waals surface area contributed by atoms with Crippen LogP contribution in [0.5, 0.6) is 5.75 Å². The molecule has 0 spiro atoms. The van der Waals surface area contributed by atoms with Gasteiger partial charge in [-0.05, 0) is 49.7 Å². The summed E-state index contributed by atoms with van der Waals surface area (Å²) in [6.07, 6.45) is 2.26. The van der Waals surface area contributed by atoms with Crippen LogP contribution >= 0.6 is 0 Å². The van der Waals surface area contributed by atoms with Gasteiger partial charge in [-0.2, -0.15) is 0 Å². The first-order valence-electron chi connectivity index (χ1n) is 8.05. The number of unbranched alkanes of at least 4 members (excludes halogenated alkanes) is 1. The van der Waals surface area contributed by atoms with Crippen LogP contribution in [-0.4, -0.2) is 19.7 Å².